The summed E-state index contributed by atoms with van der Waals surface area (Å²) in [6.45, 7) is 5.95. The average Bonchev–Trinajstić information content (AvgIpc) is 3.17. The van der Waals surface area contributed by atoms with Gasteiger partial charge >= 0.3 is 6.03 Å². The second kappa shape index (κ2) is 10.7. The second-order valence-corrected chi connectivity index (χ2v) is 8.61. The zero-order valence-corrected chi connectivity index (χ0v) is 20.2. The highest BCUT2D eigenvalue weighted by Crippen LogP contribution is 2.31. The van der Waals surface area contributed by atoms with E-state index in [1.165, 1.54) is 6.42 Å². The van der Waals surface area contributed by atoms with Crippen LogP contribution >= 0.6 is 11.6 Å². The van der Waals surface area contributed by atoms with Gasteiger partial charge in [-0.3, -0.25) is 14.8 Å². The zero-order chi connectivity index (χ0) is 24.1. The van der Waals surface area contributed by atoms with Crippen molar-refractivity contribution >= 4 is 29.2 Å². The molecule has 3 amide bonds. The van der Waals surface area contributed by atoms with E-state index in [1.54, 1.807) is 6.07 Å². The van der Waals surface area contributed by atoms with Crippen LogP contribution in [0.3, 0.4) is 0 Å². The molecule has 0 aliphatic carbocycles. The van der Waals surface area contributed by atoms with Crippen molar-refractivity contribution in [2.24, 2.45) is 0 Å². The SMILES string of the molecule is CCNC(=O)Nc1ccc(-n2c(-c3ccccc3Cl)nc(C(=O)NN3CCCCC3)c2C)cc1. The van der Waals surface area contributed by atoms with Crippen molar-refractivity contribution in [2.45, 2.75) is 33.1 Å². The van der Waals surface area contributed by atoms with Crippen LogP contribution in [0.15, 0.2) is 48.5 Å². The van der Waals surface area contributed by atoms with E-state index in [2.05, 4.69) is 16.1 Å². The Labute approximate surface area is 204 Å². The van der Waals surface area contributed by atoms with Crippen molar-refractivity contribution in [1.29, 1.82) is 0 Å². The normalized spacial score (nSPS) is 14.0. The fourth-order valence-electron chi connectivity index (χ4n) is 4.09. The van der Waals surface area contributed by atoms with Gasteiger partial charge in [0.25, 0.3) is 5.91 Å². The lowest BCUT2D eigenvalue weighted by Crippen LogP contribution is -2.45. The summed E-state index contributed by atoms with van der Waals surface area (Å²) >= 11 is 6.51. The Hall–Kier alpha value is -3.36. The number of anilines is 1. The molecule has 1 aliphatic rings. The molecule has 4 rings (SSSR count). The monoisotopic (exact) mass is 480 g/mol. The summed E-state index contributed by atoms with van der Waals surface area (Å²) in [4.78, 5) is 29.7. The molecule has 1 fully saturated rings. The van der Waals surface area contributed by atoms with Crippen molar-refractivity contribution in [3.63, 3.8) is 0 Å². The third-order valence-corrected chi connectivity index (χ3v) is 6.10. The van der Waals surface area contributed by atoms with Crippen LogP contribution in [0.1, 0.15) is 42.4 Å². The van der Waals surface area contributed by atoms with Crippen LogP contribution in [0.25, 0.3) is 17.1 Å². The summed E-state index contributed by atoms with van der Waals surface area (Å²) in [5.74, 6) is 0.345. The predicted molar refractivity (Wildman–Crippen MR) is 134 cm³/mol. The Morgan fingerprint density at radius 2 is 1.74 bits per heavy atom. The molecule has 1 aliphatic heterocycles. The quantitative estimate of drug-likeness (QED) is 0.473. The van der Waals surface area contributed by atoms with Crippen molar-refractivity contribution in [2.75, 3.05) is 25.0 Å². The van der Waals surface area contributed by atoms with E-state index in [9.17, 15) is 9.59 Å². The number of halogens is 1. The van der Waals surface area contributed by atoms with Gasteiger partial charge < -0.3 is 10.6 Å². The first kappa shape index (κ1) is 23.8. The molecule has 2 aromatic carbocycles. The lowest BCUT2D eigenvalue weighted by atomic mass is 10.2. The van der Waals surface area contributed by atoms with Gasteiger partial charge in [-0.1, -0.05) is 30.2 Å². The molecule has 0 bridgehead atoms. The number of carbonyl (C=O) groups excluding carboxylic acids is 2. The van der Waals surface area contributed by atoms with Crippen molar-refractivity contribution in [3.8, 4) is 17.1 Å². The number of imidazole rings is 1. The average molecular weight is 481 g/mol. The highest BCUT2D eigenvalue weighted by Gasteiger charge is 2.24. The Morgan fingerprint density at radius 3 is 2.41 bits per heavy atom. The van der Waals surface area contributed by atoms with E-state index in [0.29, 0.717) is 34.5 Å². The smallest absolute Gasteiger partial charge is 0.319 e. The van der Waals surface area contributed by atoms with Crippen molar-refractivity contribution in [3.05, 3.63) is 64.9 Å². The standard InChI is InChI=1S/C25H29ClN6O2/c1-3-27-25(34)28-18-11-13-19(14-12-18)32-17(2)22(24(33)30-31-15-7-4-8-16-31)29-23(32)20-9-5-6-10-21(20)26/h5-6,9-14H,3-4,7-8,15-16H2,1-2H3,(H,30,33)(H2,27,28,34). The highest BCUT2D eigenvalue weighted by atomic mass is 35.5. The molecule has 3 N–H and O–H groups in total. The molecule has 9 heteroatoms. The number of carbonyl (C=O) groups is 2. The second-order valence-electron chi connectivity index (χ2n) is 8.20. The van der Waals surface area contributed by atoms with E-state index in [-0.39, 0.29) is 11.9 Å². The number of rotatable bonds is 6. The number of hydrogen-bond acceptors (Lipinski definition) is 4. The molecule has 0 spiro atoms. The van der Waals surface area contributed by atoms with Gasteiger partial charge in [-0.05, 0) is 63.1 Å². The number of nitrogens with one attached hydrogen (secondary N) is 3. The molecular weight excluding hydrogens is 452 g/mol. The Balaban J connectivity index is 1.71. The highest BCUT2D eigenvalue weighted by molar-refractivity contribution is 6.33. The lowest BCUT2D eigenvalue weighted by Gasteiger charge is -2.26. The number of amides is 3. The minimum Gasteiger partial charge on any atom is -0.338 e. The number of aromatic nitrogens is 2. The maximum absolute atomic E-state index is 13.2. The van der Waals surface area contributed by atoms with Gasteiger partial charge in [0.2, 0.25) is 0 Å². The first-order valence-electron chi connectivity index (χ1n) is 11.5. The Kier molecular flexibility index (Phi) is 7.49. The van der Waals surface area contributed by atoms with Crippen LogP contribution in [0.2, 0.25) is 5.02 Å². The van der Waals surface area contributed by atoms with Gasteiger partial charge in [0.05, 0.1) is 10.7 Å². The van der Waals surface area contributed by atoms with E-state index < -0.39 is 0 Å². The summed E-state index contributed by atoms with van der Waals surface area (Å²) in [5.41, 5.74) is 6.26. The van der Waals surface area contributed by atoms with Crippen LogP contribution in [0, 0.1) is 6.92 Å². The molecule has 0 radical (unpaired) electrons. The largest absolute Gasteiger partial charge is 0.338 e. The van der Waals surface area contributed by atoms with Crippen molar-refractivity contribution in [1.82, 2.24) is 25.3 Å². The number of piperidine rings is 1. The van der Waals surface area contributed by atoms with Gasteiger partial charge in [-0.15, -0.1) is 0 Å². The Morgan fingerprint density at radius 1 is 1.03 bits per heavy atom. The van der Waals surface area contributed by atoms with Gasteiger partial charge in [0.15, 0.2) is 5.69 Å². The topological polar surface area (TPSA) is 91.3 Å². The maximum atomic E-state index is 13.2. The summed E-state index contributed by atoms with van der Waals surface area (Å²) in [6, 6.07) is 14.6. The summed E-state index contributed by atoms with van der Waals surface area (Å²) in [7, 11) is 0. The summed E-state index contributed by atoms with van der Waals surface area (Å²) in [6.07, 6.45) is 3.31. The summed E-state index contributed by atoms with van der Waals surface area (Å²) in [5, 5.41) is 8.01. The van der Waals surface area contributed by atoms with Crippen LogP contribution in [-0.2, 0) is 0 Å². The molecule has 0 atom stereocenters. The molecular formula is C25H29ClN6O2. The fourth-order valence-corrected chi connectivity index (χ4v) is 4.31. The van der Waals surface area contributed by atoms with Gasteiger partial charge in [0, 0.05) is 36.6 Å². The molecule has 34 heavy (non-hydrogen) atoms. The first-order valence-corrected chi connectivity index (χ1v) is 11.9. The third-order valence-electron chi connectivity index (χ3n) is 5.77. The van der Waals surface area contributed by atoms with Crippen molar-refractivity contribution < 1.29 is 9.59 Å². The molecule has 3 aromatic rings. The fraction of sp³-hybridized carbons (Fsp3) is 0.320. The van der Waals surface area contributed by atoms with Crippen LogP contribution in [-0.4, -0.2) is 46.1 Å². The van der Waals surface area contributed by atoms with E-state index in [0.717, 1.165) is 37.2 Å². The zero-order valence-electron chi connectivity index (χ0n) is 19.4. The minimum atomic E-state index is -0.262. The van der Waals surface area contributed by atoms with Gasteiger partial charge in [-0.2, -0.15) is 0 Å². The Bertz CT molecular complexity index is 1170. The van der Waals surface area contributed by atoms with E-state index in [4.69, 9.17) is 16.6 Å². The maximum Gasteiger partial charge on any atom is 0.319 e. The number of nitrogens with zero attached hydrogens (tertiary/aromatic N) is 3. The first-order chi connectivity index (χ1) is 16.5. The lowest BCUT2D eigenvalue weighted by molar-refractivity contribution is 0.0744. The molecule has 1 aromatic heterocycles. The number of hydrogen-bond donors (Lipinski definition) is 3. The third kappa shape index (κ3) is 5.24. The number of urea groups is 1. The minimum absolute atomic E-state index is 0.235. The molecule has 2 heterocycles. The van der Waals surface area contributed by atoms with Crippen LogP contribution in [0.4, 0.5) is 10.5 Å². The van der Waals surface area contributed by atoms with E-state index in [1.807, 2.05) is 65.9 Å². The van der Waals surface area contributed by atoms with Crippen LogP contribution in [0.5, 0.6) is 0 Å². The number of hydrazine groups is 1. The molecule has 0 saturated carbocycles. The molecule has 178 valence electrons. The molecule has 8 nitrogen and oxygen atoms in total. The molecule has 0 unspecified atom stereocenters. The van der Waals surface area contributed by atoms with Crippen LogP contribution < -0.4 is 16.1 Å². The molecule has 1 saturated heterocycles. The summed E-state index contributed by atoms with van der Waals surface area (Å²) < 4.78 is 1.92. The number of benzene rings is 2. The predicted octanol–water partition coefficient (Wildman–Crippen LogP) is 4.77. The van der Waals surface area contributed by atoms with E-state index >= 15 is 0 Å². The van der Waals surface area contributed by atoms with Gasteiger partial charge in [0.1, 0.15) is 5.82 Å². The van der Waals surface area contributed by atoms with Gasteiger partial charge in [-0.25, -0.2) is 14.8 Å².